The Morgan fingerprint density at radius 1 is 1.56 bits per heavy atom. The highest BCUT2D eigenvalue weighted by Crippen LogP contribution is 2.29. The molecule has 0 aromatic carbocycles. The largest absolute Gasteiger partial charge is 0.393 e. The Hall–Kier alpha value is -0.610. The van der Waals surface area contributed by atoms with Gasteiger partial charge < -0.3 is 14.7 Å². The summed E-state index contributed by atoms with van der Waals surface area (Å²) in [5.74, 6) is 0.270. The van der Waals surface area contributed by atoms with Crippen LogP contribution in [0.25, 0.3) is 0 Å². The minimum Gasteiger partial charge on any atom is -0.393 e. The van der Waals surface area contributed by atoms with Gasteiger partial charge in [0.05, 0.1) is 6.10 Å². The highest BCUT2D eigenvalue weighted by Gasteiger charge is 2.42. The maximum atomic E-state index is 12.3. The fraction of sp³-hybridized carbons (Fsp3) is 0.917. The number of hydrogen-bond acceptors (Lipinski definition) is 3. The molecule has 0 bridgehead atoms. The smallest absolute Gasteiger partial charge is 0.254 e. The van der Waals surface area contributed by atoms with Crippen LogP contribution in [0.1, 0.15) is 33.1 Å². The zero-order valence-corrected chi connectivity index (χ0v) is 10.1. The molecule has 92 valence electrons. The summed E-state index contributed by atoms with van der Waals surface area (Å²) in [6, 6.07) is 0. The van der Waals surface area contributed by atoms with Gasteiger partial charge in [0.15, 0.2) is 0 Å². The molecule has 4 nitrogen and oxygen atoms in total. The average Bonchev–Trinajstić information content (AvgIpc) is 2.70. The van der Waals surface area contributed by atoms with Crippen molar-refractivity contribution in [1.82, 2.24) is 4.90 Å². The van der Waals surface area contributed by atoms with Crippen LogP contribution in [0, 0.1) is 5.92 Å². The third-order valence-electron chi connectivity index (χ3n) is 3.82. The zero-order valence-electron chi connectivity index (χ0n) is 10.1. The highest BCUT2D eigenvalue weighted by atomic mass is 16.5. The number of likely N-dealkylation sites (tertiary alicyclic amines) is 1. The maximum Gasteiger partial charge on any atom is 0.254 e. The van der Waals surface area contributed by atoms with E-state index in [1.54, 1.807) is 0 Å². The molecule has 0 aromatic heterocycles. The number of hydrogen-bond donors (Lipinski definition) is 1. The molecule has 16 heavy (non-hydrogen) atoms. The van der Waals surface area contributed by atoms with E-state index in [2.05, 4.69) is 0 Å². The molecule has 0 saturated carbocycles. The van der Waals surface area contributed by atoms with E-state index >= 15 is 0 Å². The third-order valence-corrected chi connectivity index (χ3v) is 3.82. The van der Waals surface area contributed by atoms with Gasteiger partial charge in [-0.25, -0.2) is 0 Å². The number of amides is 1. The van der Waals surface area contributed by atoms with Crippen molar-refractivity contribution in [1.29, 1.82) is 0 Å². The Kier molecular flexibility index (Phi) is 3.22. The lowest BCUT2D eigenvalue weighted by Gasteiger charge is -2.38. The summed E-state index contributed by atoms with van der Waals surface area (Å²) in [6.45, 7) is 5.87. The monoisotopic (exact) mass is 227 g/mol. The minimum absolute atomic E-state index is 0.101. The summed E-state index contributed by atoms with van der Waals surface area (Å²) in [5.41, 5.74) is -0.609. The van der Waals surface area contributed by atoms with E-state index < -0.39 is 5.60 Å². The van der Waals surface area contributed by atoms with Crippen LogP contribution in [-0.4, -0.2) is 47.3 Å². The predicted octanol–water partition coefficient (Wildman–Crippen LogP) is 0.785. The number of rotatable bonds is 1. The number of piperidine rings is 1. The predicted molar refractivity (Wildman–Crippen MR) is 60.0 cm³/mol. The summed E-state index contributed by atoms with van der Waals surface area (Å²) in [4.78, 5) is 14.1. The van der Waals surface area contributed by atoms with Gasteiger partial charge in [-0.3, -0.25) is 4.79 Å². The molecule has 1 N–H and O–H groups in total. The lowest BCUT2D eigenvalue weighted by atomic mass is 9.94. The second-order valence-corrected chi connectivity index (χ2v) is 5.27. The lowest BCUT2D eigenvalue weighted by Crippen LogP contribution is -2.52. The molecule has 0 spiro atoms. The van der Waals surface area contributed by atoms with Crippen molar-refractivity contribution in [2.24, 2.45) is 5.92 Å². The first-order valence-electron chi connectivity index (χ1n) is 6.14. The number of carbonyl (C=O) groups is 1. The molecule has 2 aliphatic heterocycles. The van der Waals surface area contributed by atoms with Crippen LogP contribution in [0.4, 0.5) is 0 Å². The van der Waals surface area contributed by atoms with Crippen LogP contribution in [0.2, 0.25) is 0 Å². The standard InChI is InChI=1S/C12H21NO3/c1-9-8-13(6-4-10(9)14)11(15)12(2)5-3-7-16-12/h9-10,14H,3-8H2,1-2H3. The topological polar surface area (TPSA) is 49.8 Å². The highest BCUT2D eigenvalue weighted by molar-refractivity contribution is 5.85. The number of ether oxygens (including phenoxy) is 1. The van der Waals surface area contributed by atoms with Crippen LogP contribution >= 0.6 is 0 Å². The molecule has 2 fully saturated rings. The Balaban J connectivity index is 2.00. The van der Waals surface area contributed by atoms with Gasteiger partial charge in [-0.05, 0) is 32.1 Å². The number of nitrogens with zero attached hydrogens (tertiary/aromatic N) is 1. The Bertz CT molecular complexity index is 273. The van der Waals surface area contributed by atoms with Crippen LogP contribution in [-0.2, 0) is 9.53 Å². The molecule has 3 atom stereocenters. The van der Waals surface area contributed by atoms with Gasteiger partial charge in [0.25, 0.3) is 5.91 Å². The van der Waals surface area contributed by atoms with Crippen LogP contribution in [0.3, 0.4) is 0 Å². The lowest BCUT2D eigenvalue weighted by molar-refractivity contribution is -0.154. The summed E-state index contributed by atoms with van der Waals surface area (Å²) in [6.07, 6.45) is 2.21. The van der Waals surface area contributed by atoms with Crippen LogP contribution in [0.15, 0.2) is 0 Å². The molecule has 3 unspecified atom stereocenters. The number of carbonyl (C=O) groups excluding carboxylic acids is 1. The first kappa shape index (κ1) is 11.9. The molecular formula is C12H21NO3. The summed E-state index contributed by atoms with van der Waals surface area (Å²) >= 11 is 0. The molecule has 1 amide bonds. The fourth-order valence-electron chi connectivity index (χ4n) is 2.60. The van der Waals surface area contributed by atoms with Crippen molar-refractivity contribution >= 4 is 5.91 Å². The molecule has 0 radical (unpaired) electrons. The van der Waals surface area contributed by atoms with Crippen molar-refractivity contribution in [2.45, 2.75) is 44.8 Å². The Morgan fingerprint density at radius 3 is 2.88 bits per heavy atom. The Labute approximate surface area is 96.6 Å². The summed E-state index contributed by atoms with van der Waals surface area (Å²) < 4.78 is 5.56. The summed E-state index contributed by atoms with van der Waals surface area (Å²) in [5, 5.41) is 9.64. The second kappa shape index (κ2) is 4.34. The molecule has 0 aromatic rings. The molecule has 2 rings (SSSR count). The van der Waals surface area contributed by atoms with Gasteiger partial charge in [-0.1, -0.05) is 6.92 Å². The molecule has 0 aliphatic carbocycles. The van der Waals surface area contributed by atoms with Gasteiger partial charge in [0.1, 0.15) is 5.60 Å². The SMILES string of the molecule is CC1CN(C(=O)C2(C)CCCO2)CCC1O. The van der Waals surface area contributed by atoms with Gasteiger partial charge in [-0.15, -0.1) is 0 Å². The first-order chi connectivity index (χ1) is 7.53. The molecule has 2 heterocycles. The van der Waals surface area contributed by atoms with Crippen molar-refractivity contribution in [3.63, 3.8) is 0 Å². The molecule has 2 aliphatic rings. The minimum atomic E-state index is -0.609. The quantitative estimate of drug-likeness (QED) is 0.720. The van der Waals surface area contributed by atoms with Crippen molar-refractivity contribution in [3.8, 4) is 0 Å². The normalized spacial score (nSPS) is 40.1. The van der Waals surface area contributed by atoms with Gasteiger partial charge in [0, 0.05) is 19.7 Å². The van der Waals surface area contributed by atoms with E-state index in [0.29, 0.717) is 26.1 Å². The van der Waals surface area contributed by atoms with Crippen molar-refractivity contribution in [2.75, 3.05) is 19.7 Å². The van der Waals surface area contributed by atoms with Gasteiger partial charge in [0.2, 0.25) is 0 Å². The number of aliphatic hydroxyl groups is 1. The van der Waals surface area contributed by atoms with E-state index in [0.717, 1.165) is 12.8 Å². The Morgan fingerprint density at radius 2 is 2.31 bits per heavy atom. The molecular weight excluding hydrogens is 206 g/mol. The maximum absolute atomic E-state index is 12.3. The van der Waals surface area contributed by atoms with Crippen molar-refractivity contribution in [3.05, 3.63) is 0 Å². The number of aliphatic hydroxyl groups excluding tert-OH is 1. The molecule has 4 heteroatoms. The van der Waals surface area contributed by atoms with E-state index in [-0.39, 0.29) is 17.9 Å². The van der Waals surface area contributed by atoms with Gasteiger partial charge in [-0.2, -0.15) is 0 Å². The van der Waals surface area contributed by atoms with Crippen molar-refractivity contribution < 1.29 is 14.6 Å². The molecule has 2 saturated heterocycles. The van der Waals surface area contributed by atoms with Crippen LogP contribution in [0.5, 0.6) is 0 Å². The average molecular weight is 227 g/mol. The summed E-state index contributed by atoms with van der Waals surface area (Å²) in [7, 11) is 0. The van der Waals surface area contributed by atoms with E-state index in [9.17, 15) is 9.90 Å². The third kappa shape index (κ3) is 2.09. The second-order valence-electron chi connectivity index (χ2n) is 5.27. The fourth-order valence-corrected chi connectivity index (χ4v) is 2.60. The van der Waals surface area contributed by atoms with E-state index in [1.165, 1.54) is 0 Å². The van der Waals surface area contributed by atoms with Crippen LogP contribution < -0.4 is 0 Å². The van der Waals surface area contributed by atoms with E-state index in [1.807, 2.05) is 18.7 Å². The van der Waals surface area contributed by atoms with Gasteiger partial charge >= 0.3 is 0 Å². The van der Waals surface area contributed by atoms with E-state index in [4.69, 9.17) is 4.74 Å². The zero-order chi connectivity index (χ0) is 11.8. The first-order valence-corrected chi connectivity index (χ1v) is 6.14.